The zero-order valence-corrected chi connectivity index (χ0v) is 17.4. The van der Waals surface area contributed by atoms with Crippen LogP contribution >= 0.6 is 0 Å². The van der Waals surface area contributed by atoms with Gasteiger partial charge >= 0.3 is 165 Å². The van der Waals surface area contributed by atoms with Crippen LogP contribution in [0, 0.1) is 0 Å². The maximum atomic E-state index is 6.30. The monoisotopic (exact) mass is 403 g/mol. The number of nitrogens with one attached hydrogen (secondary N) is 1. The van der Waals surface area contributed by atoms with Gasteiger partial charge in [0.15, 0.2) is 0 Å². The molecule has 0 fully saturated rings. The topological polar surface area (TPSA) is 98.5 Å². The van der Waals surface area contributed by atoms with Crippen LogP contribution in [0.1, 0.15) is 22.8 Å². The number of hydrogen-bond acceptors (Lipinski definition) is 4. The molecule has 0 atom stereocenters. The molecule has 0 aliphatic carbocycles. The second-order valence-electron chi connectivity index (χ2n) is 6.56. The first-order valence-electron chi connectivity index (χ1n) is 8.53. The van der Waals surface area contributed by atoms with Gasteiger partial charge in [-0.15, -0.1) is 0 Å². The minimum absolute atomic E-state index is 0.581. The molecular weight excluding hydrogens is 390 g/mol. The number of anilines is 2. The van der Waals surface area contributed by atoms with E-state index in [1.54, 1.807) is 0 Å². The number of rotatable bonds is 0. The Hall–Kier alpha value is -3.18. The summed E-state index contributed by atoms with van der Waals surface area (Å²) in [5.41, 5.74) is 21.0. The summed E-state index contributed by atoms with van der Waals surface area (Å²) in [6, 6.07) is 12.1. The molecule has 5 rings (SSSR count). The molecule has 0 unspecified atom stereocenters. The third-order valence-corrected chi connectivity index (χ3v) is 6.13. The van der Waals surface area contributed by atoms with Crippen molar-refractivity contribution in [2.24, 2.45) is 0 Å². The molecule has 8 bridgehead atoms. The Bertz CT molecular complexity index is 1210. The third-order valence-electron chi connectivity index (χ3n) is 4.70. The van der Waals surface area contributed by atoms with Crippen molar-refractivity contribution in [3.05, 3.63) is 59.2 Å². The molecule has 0 spiro atoms. The van der Waals surface area contributed by atoms with Gasteiger partial charge in [-0.05, 0) is 0 Å². The van der Waals surface area contributed by atoms with Crippen molar-refractivity contribution in [3.63, 3.8) is 0 Å². The Balaban J connectivity index is 1.93. The van der Waals surface area contributed by atoms with Gasteiger partial charge in [-0.2, -0.15) is 0 Å². The molecule has 0 aromatic carbocycles. The number of hydrogen-bond donors (Lipinski definition) is 3. The van der Waals surface area contributed by atoms with Crippen molar-refractivity contribution < 1.29 is 18.5 Å². The second-order valence-corrected chi connectivity index (χ2v) is 7.89. The number of H-pyrrole nitrogens is 1. The molecular formula is C20H15N6Zn. The maximum absolute atomic E-state index is 6.30. The van der Waals surface area contributed by atoms with E-state index < -0.39 is 0 Å². The van der Waals surface area contributed by atoms with Gasteiger partial charge in [0.2, 0.25) is 0 Å². The van der Waals surface area contributed by atoms with Crippen LogP contribution in [0.15, 0.2) is 36.4 Å². The average Bonchev–Trinajstić information content (AvgIpc) is 3.40. The first-order valence-corrected chi connectivity index (χ1v) is 9.85. The fourth-order valence-corrected chi connectivity index (χ4v) is 4.41. The number of nitrogens with two attached hydrogens (primary N) is 2. The van der Waals surface area contributed by atoms with Crippen LogP contribution in [0.5, 0.6) is 0 Å². The van der Waals surface area contributed by atoms with Gasteiger partial charge in [0.05, 0.1) is 0 Å². The molecule has 5 N–H and O–H groups in total. The summed E-state index contributed by atoms with van der Waals surface area (Å²) >= 11 is 0.863. The van der Waals surface area contributed by atoms with E-state index in [0.29, 0.717) is 11.4 Å². The molecule has 127 valence electrons. The van der Waals surface area contributed by atoms with E-state index in [1.807, 2.05) is 60.7 Å². The molecule has 27 heavy (non-hydrogen) atoms. The third kappa shape index (κ3) is 2.77. The first-order chi connectivity index (χ1) is 13.1. The van der Waals surface area contributed by atoms with Crippen LogP contribution < -0.4 is 11.5 Å². The number of aromatic amines is 1. The standard InChI is InChI=1S/C20H15N6.Zn/c21-19-17-9-15-5-3-13(24-15)7-11-1-2-12(23-11)8-14-4-6-16(25-14)10-18(26-17)20(19)22;/h1-10,23H,21-22H2;/q-1;+1. The first kappa shape index (κ1) is 16.0. The van der Waals surface area contributed by atoms with Crippen LogP contribution in [-0.4, -0.2) is 18.3 Å². The molecule has 0 saturated carbocycles. The Kier molecular flexibility index (Phi) is 3.52. The average molecular weight is 405 g/mol. The molecule has 0 saturated heterocycles. The molecule has 2 aliphatic heterocycles. The molecule has 7 heteroatoms. The number of nitrogens with zero attached hydrogens (tertiary/aromatic N) is 3. The van der Waals surface area contributed by atoms with E-state index >= 15 is 0 Å². The molecule has 3 aromatic rings. The van der Waals surface area contributed by atoms with Crippen LogP contribution in [0.4, 0.5) is 11.4 Å². The van der Waals surface area contributed by atoms with Gasteiger partial charge in [-0.25, -0.2) is 0 Å². The quantitative estimate of drug-likeness (QED) is 0.343. The number of fused-ring (bicyclic) bond motifs is 8. The van der Waals surface area contributed by atoms with E-state index in [0.717, 1.165) is 63.4 Å². The molecule has 0 amide bonds. The van der Waals surface area contributed by atoms with Gasteiger partial charge in [0.25, 0.3) is 0 Å². The van der Waals surface area contributed by atoms with Gasteiger partial charge in [-0.1, -0.05) is 0 Å². The van der Waals surface area contributed by atoms with Gasteiger partial charge < -0.3 is 0 Å². The van der Waals surface area contributed by atoms with Crippen molar-refractivity contribution in [3.8, 4) is 0 Å². The predicted octanol–water partition coefficient (Wildman–Crippen LogP) is 3.60. The summed E-state index contributed by atoms with van der Waals surface area (Å²) < 4.78 is 2.10. The van der Waals surface area contributed by atoms with E-state index in [2.05, 4.69) is 18.3 Å². The molecule has 5 heterocycles. The fourth-order valence-electron chi connectivity index (χ4n) is 3.31. The van der Waals surface area contributed by atoms with Crippen molar-refractivity contribution >= 4 is 57.7 Å². The van der Waals surface area contributed by atoms with Crippen LogP contribution in [0.2, 0.25) is 0 Å². The van der Waals surface area contributed by atoms with Crippen molar-refractivity contribution in [2.45, 2.75) is 0 Å². The fraction of sp³-hybridized carbons (Fsp3) is 0. The van der Waals surface area contributed by atoms with Crippen LogP contribution in [0.3, 0.4) is 0 Å². The minimum atomic E-state index is 0.581. The Morgan fingerprint density at radius 3 is 1.56 bits per heavy atom. The Morgan fingerprint density at radius 1 is 0.704 bits per heavy atom. The van der Waals surface area contributed by atoms with Gasteiger partial charge in [0.1, 0.15) is 0 Å². The van der Waals surface area contributed by atoms with E-state index in [9.17, 15) is 0 Å². The van der Waals surface area contributed by atoms with Gasteiger partial charge in [0, 0.05) is 0 Å². The van der Waals surface area contributed by atoms with Crippen molar-refractivity contribution in [1.82, 2.24) is 18.3 Å². The Labute approximate surface area is 165 Å². The number of aromatic nitrogens is 4. The van der Waals surface area contributed by atoms with Crippen molar-refractivity contribution in [2.75, 3.05) is 11.5 Å². The Morgan fingerprint density at radius 2 is 1.11 bits per heavy atom. The van der Waals surface area contributed by atoms with E-state index in [-0.39, 0.29) is 0 Å². The van der Waals surface area contributed by atoms with Crippen LogP contribution in [-0.2, 0) is 18.5 Å². The zero-order chi connectivity index (χ0) is 18.5. The predicted molar refractivity (Wildman–Crippen MR) is 107 cm³/mol. The summed E-state index contributed by atoms with van der Waals surface area (Å²) in [6.07, 6.45) is 7.95. The van der Waals surface area contributed by atoms with E-state index in [1.165, 1.54) is 0 Å². The number of nitrogen functional groups attached to an aromatic ring is 2. The molecule has 2 aliphatic rings. The van der Waals surface area contributed by atoms with E-state index in [4.69, 9.17) is 11.5 Å². The van der Waals surface area contributed by atoms with Crippen molar-refractivity contribution in [1.29, 1.82) is 0 Å². The molecule has 6 nitrogen and oxygen atoms in total. The van der Waals surface area contributed by atoms with Gasteiger partial charge in [-0.3, -0.25) is 0 Å². The SMILES string of the molecule is Nc1c(N)c2cc3nc(cc4ccc(cc5nc(cc1[n]2[Zn])C=C5)[nH]4)C=C3. The zero-order valence-electron chi connectivity index (χ0n) is 14.5. The summed E-state index contributed by atoms with van der Waals surface area (Å²) in [5.74, 6) is 0. The summed E-state index contributed by atoms with van der Waals surface area (Å²) in [7, 11) is 0. The normalized spacial score (nSPS) is 12.7. The molecule has 0 radical (unpaired) electrons. The summed E-state index contributed by atoms with van der Waals surface area (Å²) in [4.78, 5) is 12.7. The second kappa shape index (κ2) is 5.93. The molecule has 3 aromatic heterocycles. The summed E-state index contributed by atoms with van der Waals surface area (Å²) in [6.45, 7) is 0. The summed E-state index contributed by atoms with van der Waals surface area (Å²) in [5, 5.41) is 0. The van der Waals surface area contributed by atoms with Crippen LogP contribution in [0.25, 0.3) is 46.4 Å².